The molecular weight excluding hydrogens is 199 g/mol. The molecule has 0 amide bonds. The van der Waals surface area contributed by atoms with Crippen molar-refractivity contribution in [2.75, 3.05) is 0 Å². The molecule has 0 radical (unpaired) electrons. The molecule has 0 N–H and O–H groups in total. The minimum Gasteiger partial charge on any atom is -0.105 e. The van der Waals surface area contributed by atoms with E-state index in [1.807, 2.05) is 0 Å². The summed E-state index contributed by atoms with van der Waals surface area (Å²) in [5.41, 5.74) is 3.99. The molecule has 1 aromatic rings. The maximum atomic E-state index is 4.02. The molecule has 0 saturated heterocycles. The van der Waals surface area contributed by atoms with Gasteiger partial charge >= 0.3 is 0 Å². The molecule has 1 heteroatoms. The molecule has 0 saturated carbocycles. The van der Waals surface area contributed by atoms with Crippen molar-refractivity contribution in [2.24, 2.45) is 0 Å². The lowest BCUT2D eigenvalue weighted by Gasteiger charge is -2.16. The number of hydrogen-bond acceptors (Lipinski definition) is 0. The summed E-state index contributed by atoms with van der Waals surface area (Å²) in [5, 5.41) is 1.30. The van der Waals surface area contributed by atoms with E-state index in [2.05, 4.69) is 61.7 Å². The zero-order chi connectivity index (χ0) is 11.6. The molecule has 0 aliphatic carbocycles. The summed E-state index contributed by atoms with van der Waals surface area (Å²) in [5.74, 6) is 1.04. The van der Waals surface area contributed by atoms with E-state index in [9.17, 15) is 0 Å². The number of allylic oxidation sites excluding steroid dienone is 1. The first-order valence-corrected chi connectivity index (χ1v) is 6.06. The Morgan fingerprint density at radius 2 is 1.87 bits per heavy atom. The van der Waals surface area contributed by atoms with Crippen LogP contribution in [0, 0.1) is 0 Å². The van der Waals surface area contributed by atoms with Crippen LogP contribution in [0.2, 0.25) is 0 Å². The second-order valence-electron chi connectivity index (χ2n) is 4.61. The van der Waals surface area contributed by atoms with Crippen LogP contribution in [0.15, 0.2) is 30.4 Å². The van der Waals surface area contributed by atoms with Crippen molar-refractivity contribution in [3.8, 4) is 0 Å². The first-order valence-electron chi connectivity index (χ1n) is 5.48. The van der Waals surface area contributed by atoms with E-state index in [4.69, 9.17) is 0 Å². The van der Waals surface area contributed by atoms with Crippen LogP contribution in [0.1, 0.15) is 50.7 Å². The molecule has 0 spiro atoms. The van der Waals surface area contributed by atoms with E-state index >= 15 is 0 Å². The summed E-state index contributed by atoms with van der Waals surface area (Å²) in [7, 11) is 2.84. The number of rotatable bonds is 3. The Bertz CT molecular complexity index is 364. The lowest BCUT2D eigenvalue weighted by Crippen LogP contribution is -2.08. The molecule has 0 aliphatic heterocycles. The highest BCUT2D eigenvalue weighted by Gasteiger charge is 2.10. The predicted molar refractivity (Wildman–Crippen MR) is 73.1 cm³/mol. The highest BCUT2D eigenvalue weighted by molar-refractivity contribution is 7.27. The second-order valence-corrected chi connectivity index (χ2v) is 5.23. The molecule has 1 aromatic carbocycles. The fourth-order valence-corrected chi connectivity index (χ4v) is 2.15. The van der Waals surface area contributed by atoms with Gasteiger partial charge in [-0.2, -0.15) is 0 Å². The molecule has 82 valence electrons. The highest BCUT2D eigenvalue weighted by atomic mass is 31.0. The molecule has 0 heterocycles. The lowest BCUT2D eigenvalue weighted by molar-refractivity contribution is 0.860. The van der Waals surface area contributed by atoms with Gasteiger partial charge in [-0.05, 0) is 29.3 Å². The van der Waals surface area contributed by atoms with Gasteiger partial charge in [0.1, 0.15) is 0 Å². The third-order valence-corrected chi connectivity index (χ3v) is 3.48. The maximum absolute atomic E-state index is 4.02. The minimum atomic E-state index is 0.443. The Balaban J connectivity index is 3.08. The molecule has 15 heavy (non-hydrogen) atoms. The molecule has 0 aliphatic rings. The molecule has 0 fully saturated rings. The Morgan fingerprint density at radius 3 is 2.27 bits per heavy atom. The van der Waals surface area contributed by atoms with Crippen molar-refractivity contribution in [3.05, 3.63) is 41.5 Å². The topological polar surface area (TPSA) is 0 Å². The van der Waals surface area contributed by atoms with Gasteiger partial charge in [0.25, 0.3) is 0 Å². The maximum Gasteiger partial charge on any atom is 0.00204 e. The van der Waals surface area contributed by atoms with E-state index in [1.54, 1.807) is 0 Å². The Morgan fingerprint density at radius 1 is 1.27 bits per heavy atom. The standard InChI is InChI=1S/C14H21P/c1-9(2)11(5)13-7-6-12(10(3)4)8-14(13)15/h6-8,10-11H,1,15H2,2-5H3. The van der Waals surface area contributed by atoms with E-state index in [-0.39, 0.29) is 0 Å². The average molecular weight is 220 g/mol. The fourth-order valence-electron chi connectivity index (χ4n) is 1.61. The first-order chi connectivity index (χ1) is 6.93. The molecule has 1 rings (SSSR count). The second kappa shape index (κ2) is 4.94. The molecule has 2 atom stereocenters. The van der Waals surface area contributed by atoms with Crippen molar-refractivity contribution in [1.29, 1.82) is 0 Å². The van der Waals surface area contributed by atoms with Crippen molar-refractivity contribution in [2.45, 2.75) is 39.5 Å². The zero-order valence-corrected chi connectivity index (χ0v) is 11.3. The predicted octanol–water partition coefficient (Wildman–Crippen LogP) is 3.99. The number of benzene rings is 1. The normalized spacial score (nSPS) is 12.9. The molecule has 0 aromatic heterocycles. The largest absolute Gasteiger partial charge is 0.105 e. The van der Waals surface area contributed by atoms with Crippen LogP contribution in [0.3, 0.4) is 0 Å². The van der Waals surface area contributed by atoms with Gasteiger partial charge in [0.2, 0.25) is 0 Å². The summed E-state index contributed by atoms with van der Waals surface area (Å²) < 4.78 is 0. The van der Waals surface area contributed by atoms with Crippen molar-refractivity contribution in [3.63, 3.8) is 0 Å². The SMILES string of the molecule is C=C(C)C(C)c1ccc(C(C)C)cc1P. The van der Waals surface area contributed by atoms with E-state index in [0.29, 0.717) is 11.8 Å². The third-order valence-electron chi connectivity index (χ3n) is 2.98. The van der Waals surface area contributed by atoms with Crippen LogP contribution in [-0.2, 0) is 0 Å². The molecular formula is C14H21P. The quantitative estimate of drug-likeness (QED) is 0.533. The zero-order valence-electron chi connectivity index (χ0n) is 10.2. The van der Waals surface area contributed by atoms with Crippen molar-refractivity contribution in [1.82, 2.24) is 0 Å². The van der Waals surface area contributed by atoms with Crippen LogP contribution >= 0.6 is 9.24 Å². The summed E-state index contributed by atoms with van der Waals surface area (Å²) >= 11 is 0. The first kappa shape index (κ1) is 12.5. The van der Waals surface area contributed by atoms with Crippen molar-refractivity contribution < 1.29 is 0 Å². The average Bonchev–Trinajstić information content (AvgIpc) is 2.16. The fraction of sp³-hybridized carbons (Fsp3) is 0.429. The summed E-state index contributed by atoms with van der Waals surface area (Å²) in [6.45, 7) is 12.8. The van der Waals surface area contributed by atoms with Gasteiger partial charge in [0.05, 0.1) is 0 Å². The Labute approximate surface area is 96.0 Å². The van der Waals surface area contributed by atoms with Gasteiger partial charge in [-0.25, -0.2) is 0 Å². The van der Waals surface area contributed by atoms with Gasteiger partial charge in [0.15, 0.2) is 0 Å². The van der Waals surface area contributed by atoms with Gasteiger partial charge in [-0.1, -0.05) is 51.1 Å². The van der Waals surface area contributed by atoms with Gasteiger partial charge in [-0.15, -0.1) is 9.24 Å². The highest BCUT2D eigenvalue weighted by Crippen LogP contribution is 2.24. The van der Waals surface area contributed by atoms with Gasteiger partial charge < -0.3 is 0 Å². The summed E-state index contributed by atoms with van der Waals surface area (Å²) in [4.78, 5) is 0. The minimum absolute atomic E-state index is 0.443. The molecule has 0 bridgehead atoms. The van der Waals surface area contributed by atoms with Crippen LogP contribution < -0.4 is 5.30 Å². The van der Waals surface area contributed by atoms with Gasteiger partial charge in [0, 0.05) is 5.92 Å². The summed E-state index contributed by atoms with van der Waals surface area (Å²) in [6.07, 6.45) is 0. The monoisotopic (exact) mass is 220 g/mol. The molecule has 2 unspecified atom stereocenters. The summed E-state index contributed by atoms with van der Waals surface area (Å²) in [6, 6.07) is 6.73. The van der Waals surface area contributed by atoms with Crippen LogP contribution in [0.4, 0.5) is 0 Å². The van der Waals surface area contributed by atoms with E-state index < -0.39 is 0 Å². The van der Waals surface area contributed by atoms with E-state index in [0.717, 1.165) is 0 Å². The van der Waals surface area contributed by atoms with Gasteiger partial charge in [-0.3, -0.25) is 0 Å². The lowest BCUT2D eigenvalue weighted by atomic mass is 9.92. The van der Waals surface area contributed by atoms with Crippen molar-refractivity contribution >= 4 is 14.5 Å². The van der Waals surface area contributed by atoms with Crippen LogP contribution in [0.5, 0.6) is 0 Å². The van der Waals surface area contributed by atoms with E-state index in [1.165, 1.54) is 22.0 Å². The molecule has 0 nitrogen and oxygen atoms in total. The Kier molecular flexibility index (Phi) is 4.11. The smallest absolute Gasteiger partial charge is 0.00204 e. The number of hydrogen-bond donors (Lipinski definition) is 0. The van der Waals surface area contributed by atoms with Crippen LogP contribution in [-0.4, -0.2) is 0 Å². The third kappa shape index (κ3) is 2.92. The van der Waals surface area contributed by atoms with Crippen LogP contribution in [0.25, 0.3) is 0 Å². The Hall–Kier alpha value is -0.610.